The van der Waals surface area contributed by atoms with Crippen molar-refractivity contribution in [3.63, 3.8) is 0 Å². The Kier molecular flexibility index (Phi) is 6.01. The van der Waals surface area contributed by atoms with E-state index < -0.39 is 10.0 Å². The topological polar surface area (TPSA) is 60.9 Å². The fraction of sp³-hybridized carbons (Fsp3) is 0.588. The van der Waals surface area contributed by atoms with Gasteiger partial charge in [-0.3, -0.25) is 4.79 Å². The Morgan fingerprint density at radius 2 is 1.71 bits per heavy atom. The molecular formula is C17H27N3O3S. The molecule has 1 aliphatic heterocycles. The van der Waals surface area contributed by atoms with Crippen molar-refractivity contribution in [1.82, 2.24) is 14.1 Å². The summed E-state index contributed by atoms with van der Waals surface area (Å²) in [6, 6.07) is 4.97. The fourth-order valence-electron chi connectivity index (χ4n) is 2.91. The molecule has 0 saturated carbocycles. The Labute approximate surface area is 145 Å². The number of aryl methyl sites for hydroxylation is 1. The number of sulfonamides is 1. The number of piperazine rings is 1. The van der Waals surface area contributed by atoms with E-state index in [9.17, 15) is 13.2 Å². The van der Waals surface area contributed by atoms with Crippen molar-refractivity contribution in [2.75, 3.05) is 46.3 Å². The van der Waals surface area contributed by atoms with Crippen LogP contribution in [0.3, 0.4) is 0 Å². The number of benzene rings is 1. The number of rotatable bonds is 5. The normalized spacial score (nSPS) is 16.6. The first-order chi connectivity index (χ1) is 11.3. The number of nitrogens with zero attached hydrogens (tertiary/aromatic N) is 3. The van der Waals surface area contributed by atoms with Gasteiger partial charge in [0.25, 0.3) is 5.91 Å². The zero-order valence-electron chi connectivity index (χ0n) is 14.9. The number of amides is 1. The molecule has 1 amide bonds. The summed E-state index contributed by atoms with van der Waals surface area (Å²) in [7, 11) is -1.54. The average Bonchev–Trinajstić information content (AvgIpc) is 2.56. The number of carbonyl (C=O) groups is 1. The number of hydrogen-bond acceptors (Lipinski definition) is 4. The maximum Gasteiger partial charge on any atom is 0.253 e. The molecule has 1 fully saturated rings. The van der Waals surface area contributed by atoms with Crippen LogP contribution in [0.15, 0.2) is 23.1 Å². The second-order valence-corrected chi connectivity index (χ2v) is 8.07. The standard InChI is InChI=1S/C17H27N3O3S/c1-5-20(6-2)24(22,23)16-13-15(8-7-14(16)3)17(21)19-11-9-18(4)10-12-19/h7-8,13H,5-6,9-12H2,1-4H3. The summed E-state index contributed by atoms with van der Waals surface area (Å²) in [5, 5.41) is 0. The van der Waals surface area contributed by atoms with Crippen molar-refractivity contribution < 1.29 is 13.2 Å². The quantitative estimate of drug-likeness (QED) is 0.803. The van der Waals surface area contributed by atoms with Crippen LogP contribution in [0.1, 0.15) is 29.8 Å². The Bertz CT molecular complexity index is 691. The highest BCUT2D eigenvalue weighted by Crippen LogP contribution is 2.22. The maximum atomic E-state index is 12.8. The molecule has 0 unspecified atom stereocenters. The van der Waals surface area contributed by atoms with Gasteiger partial charge >= 0.3 is 0 Å². The average molecular weight is 353 g/mol. The van der Waals surface area contributed by atoms with Crippen LogP contribution in [0.25, 0.3) is 0 Å². The van der Waals surface area contributed by atoms with E-state index in [0.717, 1.165) is 13.1 Å². The van der Waals surface area contributed by atoms with Gasteiger partial charge in [0.1, 0.15) is 0 Å². The SMILES string of the molecule is CCN(CC)S(=O)(=O)c1cc(C(=O)N2CCN(C)CC2)ccc1C. The number of hydrogen-bond donors (Lipinski definition) is 0. The molecule has 0 spiro atoms. The summed E-state index contributed by atoms with van der Waals surface area (Å²) >= 11 is 0. The Hall–Kier alpha value is -1.44. The molecule has 0 bridgehead atoms. The number of carbonyl (C=O) groups excluding carboxylic acids is 1. The molecule has 2 rings (SSSR count). The van der Waals surface area contributed by atoms with Gasteiger partial charge in [-0.2, -0.15) is 4.31 Å². The van der Waals surface area contributed by atoms with Crippen LogP contribution in [0, 0.1) is 6.92 Å². The first-order valence-corrected chi connectivity index (χ1v) is 9.83. The zero-order chi connectivity index (χ0) is 17.9. The molecule has 0 atom stereocenters. The molecule has 1 heterocycles. The third-order valence-electron chi connectivity index (χ3n) is 4.55. The summed E-state index contributed by atoms with van der Waals surface area (Å²) in [5.41, 5.74) is 1.10. The molecule has 1 aromatic carbocycles. The van der Waals surface area contributed by atoms with E-state index in [1.165, 1.54) is 10.4 Å². The summed E-state index contributed by atoms with van der Waals surface area (Å²) in [4.78, 5) is 16.9. The van der Waals surface area contributed by atoms with E-state index in [-0.39, 0.29) is 10.8 Å². The van der Waals surface area contributed by atoms with Crippen molar-refractivity contribution in [2.45, 2.75) is 25.7 Å². The minimum atomic E-state index is -3.57. The second kappa shape index (κ2) is 7.63. The molecule has 0 radical (unpaired) electrons. The predicted molar refractivity (Wildman–Crippen MR) is 94.7 cm³/mol. The van der Waals surface area contributed by atoms with Crippen LogP contribution in [0.2, 0.25) is 0 Å². The van der Waals surface area contributed by atoms with Gasteiger partial charge in [0.05, 0.1) is 4.90 Å². The Balaban J connectivity index is 2.33. The van der Waals surface area contributed by atoms with Crippen molar-refractivity contribution >= 4 is 15.9 Å². The van der Waals surface area contributed by atoms with Crippen LogP contribution < -0.4 is 0 Å². The first-order valence-electron chi connectivity index (χ1n) is 8.39. The predicted octanol–water partition coefficient (Wildman–Crippen LogP) is 1.41. The minimum Gasteiger partial charge on any atom is -0.336 e. The molecule has 6 nitrogen and oxygen atoms in total. The van der Waals surface area contributed by atoms with E-state index >= 15 is 0 Å². The minimum absolute atomic E-state index is 0.0981. The van der Waals surface area contributed by atoms with E-state index in [0.29, 0.717) is 37.3 Å². The van der Waals surface area contributed by atoms with E-state index in [2.05, 4.69) is 4.90 Å². The Morgan fingerprint density at radius 3 is 2.25 bits per heavy atom. The van der Waals surface area contributed by atoms with Crippen LogP contribution in [-0.2, 0) is 10.0 Å². The number of likely N-dealkylation sites (N-methyl/N-ethyl adjacent to an activating group) is 1. The van der Waals surface area contributed by atoms with Crippen molar-refractivity contribution in [2.24, 2.45) is 0 Å². The molecule has 0 aromatic heterocycles. The lowest BCUT2D eigenvalue weighted by atomic mass is 10.1. The molecule has 0 aliphatic carbocycles. The third-order valence-corrected chi connectivity index (χ3v) is 6.74. The third kappa shape index (κ3) is 3.79. The van der Waals surface area contributed by atoms with Gasteiger partial charge < -0.3 is 9.80 Å². The van der Waals surface area contributed by atoms with Crippen LogP contribution in [0.5, 0.6) is 0 Å². The molecule has 1 aliphatic rings. The van der Waals surface area contributed by atoms with Crippen molar-refractivity contribution in [3.05, 3.63) is 29.3 Å². The highest BCUT2D eigenvalue weighted by molar-refractivity contribution is 7.89. The lowest BCUT2D eigenvalue weighted by Gasteiger charge is -2.32. The largest absolute Gasteiger partial charge is 0.336 e. The van der Waals surface area contributed by atoms with Gasteiger partial charge in [-0.1, -0.05) is 19.9 Å². The molecule has 0 N–H and O–H groups in total. The molecule has 24 heavy (non-hydrogen) atoms. The van der Waals surface area contributed by atoms with Gasteiger partial charge in [0.2, 0.25) is 10.0 Å². The van der Waals surface area contributed by atoms with Gasteiger partial charge in [0, 0.05) is 44.8 Å². The summed E-state index contributed by atoms with van der Waals surface area (Å²) < 4.78 is 27.0. The van der Waals surface area contributed by atoms with Gasteiger partial charge in [-0.05, 0) is 31.7 Å². The molecule has 1 aromatic rings. The lowest BCUT2D eigenvalue weighted by molar-refractivity contribution is 0.0664. The molecular weight excluding hydrogens is 326 g/mol. The Morgan fingerprint density at radius 1 is 1.12 bits per heavy atom. The van der Waals surface area contributed by atoms with Crippen molar-refractivity contribution in [1.29, 1.82) is 0 Å². The van der Waals surface area contributed by atoms with E-state index in [4.69, 9.17) is 0 Å². The maximum absolute atomic E-state index is 12.8. The molecule has 1 saturated heterocycles. The highest BCUT2D eigenvalue weighted by atomic mass is 32.2. The highest BCUT2D eigenvalue weighted by Gasteiger charge is 2.26. The van der Waals surface area contributed by atoms with E-state index in [1.54, 1.807) is 24.0 Å². The second-order valence-electron chi connectivity index (χ2n) is 6.17. The molecule has 7 heteroatoms. The van der Waals surface area contributed by atoms with Gasteiger partial charge in [0.15, 0.2) is 0 Å². The van der Waals surface area contributed by atoms with Gasteiger partial charge in [-0.15, -0.1) is 0 Å². The summed E-state index contributed by atoms with van der Waals surface area (Å²) in [6.07, 6.45) is 0. The summed E-state index contributed by atoms with van der Waals surface area (Å²) in [5.74, 6) is -0.0981. The van der Waals surface area contributed by atoms with Crippen LogP contribution in [0.4, 0.5) is 0 Å². The van der Waals surface area contributed by atoms with E-state index in [1.807, 2.05) is 20.9 Å². The van der Waals surface area contributed by atoms with Crippen LogP contribution >= 0.6 is 0 Å². The first kappa shape index (κ1) is 18.9. The van der Waals surface area contributed by atoms with Crippen molar-refractivity contribution in [3.8, 4) is 0 Å². The smallest absolute Gasteiger partial charge is 0.253 e. The van der Waals surface area contributed by atoms with Crippen LogP contribution in [-0.4, -0.2) is 74.7 Å². The lowest BCUT2D eigenvalue weighted by Crippen LogP contribution is -2.47. The monoisotopic (exact) mass is 353 g/mol. The summed E-state index contributed by atoms with van der Waals surface area (Å²) in [6.45, 7) is 9.22. The molecule has 134 valence electrons. The zero-order valence-corrected chi connectivity index (χ0v) is 15.8. The fourth-order valence-corrected chi connectivity index (χ4v) is 4.61. The van der Waals surface area contributed by atoms with Gasteiger partial charge in [-0.25, -0.2) is 8.42 Å².